The van der Waals surface area contributed by atoms with Crippen LogP contribution in [0.4, 0.5) is 0 Å². The third-order valence-corrected chi connectivity index (χ3v) is 4.85. The highest BCUT2D eigenvalue weighted by Gasteiger charge is 2.28. The van der Waals surface area contributed by atoms with E-state index in [0.717, 1.165) is 37.2 Å². The van der Waals surface area contributed by atoms with E-state index in [0.29, 0.717) is 0 Å². The summed E-state index contributed by atoms with van der Waals surface area (Å²) in [5.74, 6) is -0.293. The molecule has 0 bridgehead atoms. The van der Waals surface area contributed by atoms with Crippen LogP contribution < -0.4 is 0 Å². The van der Waals surface area contributed by atoms with Crippen LogP contribution in [0.1, 0.15) is 22.6 Å². The summed E-state index contributed by atoms with van der Waals surface area (Å²) in [6.07, 6.45) is 2.63. The van der Waals surface area contributed by atoms with Gasteiger partial charge in [0.25, 0.3) is 0 Å². The third kappa shape index (κ3) is 4.36. The van der Waals surface area contributed by atoms with E-state index < -0.39 is 0 Å². The first kappa shape index (κ1) is 21.5. The normalized spacial score (nSPS) is 16.8. The molecular weight excluding hydrogens is 406 g/mol. The van der Waals surface area contributed by atoms with Crippen LogP contribution >= 0.6 is 28.6 Å². The van der Waals surface area contributed by atoms with Gasteiger partial charge in [-0.05, 0) is 29.2 Å². The van der Waals surface area contributed by atoms with Crippen molar-refractivity contribution >= 4 is 28.6 Å². The lowest BCUT2D eigenvalue weighted by atomic mass is 9.87. The first-order valence-electron chi connectivity index (χ1n) is 7.73. The SMILES string of the molecule is Br.C=CCN1CCc2c(cc(O)c(O)c2Cl)C(c2ccccc2)C1.O. The van der Waals surface area contributed by atoms with E-state index in [1.807, 2.05) is 24.3 Å². The van der Waals surface area contributed by atoms with E-state index in [9.17, 15) is 10.2 Å². The minimum atomic E-state index is -0.227. The summed E-state index contributed by atoms with van der Waals surface area (Å²) in [4.78, 5) is 2.31. The van der Waals surface area contributed by atoms with Crippen LogP contribution in [0.3, 0.4) is 0 Å². The molecule has 0 saturated carbocycles. The molecule has 3 rings (SSSR count). The van der Waals surface area contributed by atoms with Crippen molar-refractivity contribution in [2.45, 2.75) is 12.3 Å². The first-order chi connectivity index (χ1) is 11.1. The molecule has 1 unspecified atom stereocenters. The largest absolute Gasteiger partial charge is 0.504 e. The Kier molecular flexibility index (Phi) is 7.96. The van der Waals surface area contributed by atoms with E-state index in [-0.39, 0.29) is 44.9 Å². The average Bonchev–Trinajstić information content (AvgIpc) is 2.74. The Hall–Kier alpha value is -1.53. The number of hydrogen-bond acceptors (Lipinski definition) is 3. The second kappa shape index (κ2) is 9.25. The fraction of sp³-hybridized carbons (Fsp3) is 0.263. The second-order valence-corrected chi connectivity index (χ2v) is 6.27. The molecular formula is C19H23BrClNO3. The molecule has 2 aromatic rings. The van der Waals surface area contributed by atoms with Crippen LogP contribution in [0.5, 0.6) is 11.5 Å². The van der Waals surface area contributed by atoms with Gasteiger partial charge in [-0.2, -0.15) is 0 Å². The van der Waals surface area contributed by atoms with Gasteiger partial charge in [-0.25, -0.2) is 0 Å². The number of rotatable bonds is 3. The maximum atomic E-state index is 10.0. The lowest BCUT2D eigenvalue weighted by Gasteiger charge is -2.24. The van der Waals surface area contributed by atoms with E-state index in [1.54, 1.807) is 6.07 Å². The third-order valence-electron chi connectivity index (χ3n) is 4.44. The molecule has 25 heavy (non-hydrogen) atoms. The van der Waals surface area contributed by atoms with Gasteiger partial charge < -0.3 is 15.7 Å². The number of hydrogen-bond donors (Lipinski definition) is 2. The number of benzene rings is 2. The van der Waals surface area contributed by atoms with Crippen molar-refractivity contribution in [2.24, 2.45) is 0 Å². The van der Waals surface area contributed by atoms with Crippen LogP contribution in [-0.2, 0) is 6.42 Å². The molecule has 0 radical (unpaired) electrons. The topological polar surface area (TPSA) is 75.2 Å². The minimum Gasteiger partial charge on any atom is -0.504 e. The molecule has 0 aromatic heterocycles. The highest BCUT2D eigenvalue weighted by Crippen LogP contribution is 2.43. The summed E-state index contributed by atoms with van der Waals surface area (Å²) in [5.41, 5.74) is 3.08. The second-order valence-electron chi connectivity index (χ2n) is 5.89. The fourth-order valence-electron chi connectivity index (χ4n) is 3.29. The maximum Gasteiger partial charge on any atom is 0.176 e. The Labute approximate surface area is 163 Å². The molecule has 0 saturated heterocycles. The zero-order chi connectivity index (χ0) is 16.4. The number of halogens is 2. The van der Waals surface area contributed by atoms with E-state index in [4.69, 9.17) is 11.6 Å². The van der Waals surface area contributed by atoms with Crippen molar-refractivity contribution in [1.82, 2.24) is 4.90 Å². The summed E-state index contributed by atoms with van der Waals surface area (Å²) in [6, 6.07) is 11.8. The van der Waals surface area contributed by atoms with E-state index in [2.05, 4.69) is 23.6 Å². The van der Waals surface area contributed by atoms with Gasteiger partial charge in [0.2, 0.25) is 0 Å². The van der Waals surface area contributed by atoms with Crippen LogP contribution in [0, 0.1) is 0 Å². The van der Waals surface area contributed by atoms with Crippen LogP contribution in [0.25, 0.3) is 0 Å². The lowest BCUT2D eigenvalue weighted by molar-refractivity contribution is 0.306. The quantitative estimate of drug-likeness (QED) is 0.578. The van der Waals surface area contributed by atoms with Crippen LogP contribution in [-0.4, -0.2) is 40.2 Å². The van der Waals surface area contributed by atoms with Crippen molar-refractivity contribution in [2.75, 3.05) is 19.6 Å². The minimum absolute atomic E-state index is 0. The van der Waals surface area contributed by atoms with Crippen molar-refractivity contribution in [3.05, 3.63) is 70.8 Å². The Bertz CT molecular complexity index is 724. The molecule has 1 aliphatic rings. The summed E-state index contributed by atoms with van der Waals surface area (Å²) >= 11 is 6.32. The molecule has 1 atom stereocenters. The Morgan fingerprint density at radius 3 is 2.56 bits per heavy atom. The number of phenolic OH excluding ortho intramolecular Hbond substituents is 2. The first-order valence-corrected chi connectivity index (χ1v) is 8.11. The zero-order valence-electron chi connectivity index (χ0n) is 13.8. The number of aromatic hydroxyl groups is 2. The summed E-state index contributed by atoms with van der Waals surface area (Å²) in [5, 5.41) is 20.3. The van der Waals surface area contributed by atoms with E-state index in [1.165, 1.54) is 5.56 Å². The van der Waals surface area contributed by atoms with Gasteiger partial charge in [0, 0.05) is 25.6 Å². The van der Waals surface area contributed by atoms with Gasteiger partial charge in [-0.15, -0.1) is 23.6 Å². The fourth-order valence-corrected chi connectivity index (χ4v) is 3.59. The van der Waals surface area contributed by atoms with Gasteiger partial charge in [0.15, 0.2) is 11.5 Å². The number of phenols is 2. The average molecular weight is 429 g/mol. The predicted molar refractivity (Wildman–Crippen MR) is 107 cm³/mol. The Morgan fingerprint density at radius 2 is 1.92 bits per heavy atom. The van der Waals surface area contributed by atoms with Gasteiger partial charge in [-0.3, -0.25) is 4.90 Å². The highest BCUT2D eigenvalue weighted by molar-refractivity contribution is 8.93. The molecule has 2 aromatic carbocycles. The smallest absolute Gasteiger partial charge is 0.176 e. The number of nitrogens with zero attached hydrogens (tertiary/aromatic N) is 1. The molecule has 0 fully saturated rings. The van der Waals surface area contributed by atoms with Crippen molar-refractivity contribution in [3.63, 3.8) is 0 Å². The number of fused-ring (bicyclic) bond motifs is 1. The Morgan fingerprint density at radius 1 is 1.24 bits per heavy atom. The van der Waals surface area contributed by atoms with Crippen molar-refractivity contribution in [3.8, 4) is 11.5 Å². The van der Waals surface area contributed by atoms with Gasteiger partial charge in [-0.1, -0.05) is 48.0 Å². The monoisotopic (exact) mass is 427 g/mol. The molecule has 4 nitrogen and oxygen atoms in total. The molecule has 4 N–H and O–H groups in total. The standard InChI is InChI=1S/C19H20ClNO2.BrH.H2O/c1-2-9-21-10-8-14-15(11-17(22)19(23)18(14)20)16(12-21)13-6-4-3-5-7-13;;/h2-7,11,16,22-23H,1,8-10,12H2;1H;1H2. The molecule has 0 spiro atoms. The predicted octanol–water partition coefficient (Wildman–Crippen LogP) is 3.68. The molecule has 6 heteroatoms. The summed E-state index contributed by atoms with van der Waals surface area (Å²) in [6.45, 7) is 6.29. The van der Waals surface area contributed by atoms with Gasteiger partial charge in [0.1, 0.15) is 0 Å². The zero-order valence-corrected chi connectivity index (χ0v) is 16.3. The molecule has 1 heterocycles. The van der Waals surface area contributed by atoms with E-state index >= 15 is 0 Å². The van der Waals surface area contributed by atoms with Crippen LogP contribution in [0.15, 0.2) is 49.1 Å². The molecule has 136 valence electrons. The maximum absolute atomic E-state index is 10.0. The highest BCUT2D eigenvalue weighted by atomic mass is 79.9. The molecule has 0 aliphatic carbocycles. The van der Waals surface area contributed by atoms with Crippen molar-refractivity contribution in [1.29, 1.82) is 0 Å². The van der Waals surface area contributed by atoms with Gasteiger partial charge in [0.05, 0.1) is 5.02 Å². The van der Waals surface area contributed by atoms with Gasteiger partial charge >= 0.3 is 0 Å². The van der Waals surface area contributed by atoms with Crippen LogP contribution in [0.2, 0.25) is 5.02 Å². The lowest BCUT2D eigenvalue weighted by Crippen LogP contribution is -2.28. The molecule has 0 amide bonds. The summed E-state index contributed by atoms with van der Waals surface area (Å²) in [7, 11) is 0. The summed E-state index contributed by atoms with van der Waals surface area (Å²) < 4.78 is 0. The van der Waals surface area contributed by atoms with Crippen molar-refractivity contribution < 1.29 is 15.7 Å². The molecule has 1 aliphatic heterocycles. The Balaban J connectivity index is 0.00000156.